The largest absolute Gasteiger partial charge is 0.497 e. The molecule has 4 aromatic rings. The number of aryl methyl sites for hydroxylation is 1. The van der Waals surface area contributed by atoms with Crippen LogP contribution in [0.1, 0.15) is 44.0 Å². The van der Waals surface area contributed by atoms with Crippen LogP contribution in [0.5, 0.6) is 5.75 Å². The molecule has 3 N–H and O–H groups in total. The summed E-state index contributed by atoms with van der Waals surface area (Å²) in [5.74, 6) is -0.854. The SMILES string of the molecule is COc1ccc2oc(=Nc3sc4c(c3C(N)=O)CCCC4)c(C(=O)Nc3ccc(F)cc3)cc2c1. The summed E-state index contributed by atoms with van der Waals surface area (Å²) >= 11 is 1.40. The maximum absolute atomic E-state index is 13.3. The third-order valence-corrected chi connectivity index (χ3v) is 7.09. The lowest BCUT2D eigenvalue weighted by Crippen LogP contribution is -2.22. The van der Waals surface area contributed by atoms with Crippen molar-refractivity contribution in [2.75, 3.05) is 12.4 Å². The molecular weight excluding hydrogens is 469 g/mol. The van der Waals surface area contributed by atoms with E-state index in [2.05, 4.69) is 10.3 Å². The van der Waals surface area contributed by atoms with Gasteiger partial charge >= 0.3 is 0 Å². The first kappa shape index (κ1) is 22.8. The normalized spacial score (nSPS) is 13.5. The molecule has 0 saturated heterocycles. The van der Waals surface area contributed by atoms with Gasteiger partial charge in [0.2, 0.25) is 5.55 Å². The van der Waals surface area contributed by atoms with Crippen LogP contribution in [0, 0.1) is 5.82 Å². The minimum Gasteiger partial charge on any atom is -0.497 e. The summed E-state index contributed by atoms with van der Waals surface area (Å²) in [5.41, 5.74) is 8.15. The molecule has 0 fully saturated rings. The van der Waals surface area contributed by atoms with Crippen molar-refractivity contribution in [2.45, 2.75) is 25.7 Å². The van der Waals surface area contributed by atoms with Crippen LogP contribution < -0.4 is 21.3 Å². The second kappa shape index (κ2) is 9.34. The Bertz CT molecular complexity index is 1520. The molecule has 178 valence electrons. The molecule has 7 nitrogen and oxygen atoms in total. The maximum Gasteiger partial charge on any atom is 0.261 e. The van der Waals surface area contributed by atoms with E-state index in [0.29, 0.717) is 33.0 Å². The molecule has 1 aliphatic rings. The predicted octanol–water partition coefficient (Wildman–Crippen LogP) is 5.10. The van der Waals surface area contributed by atoms with E-state index < -0.39 is 17.6 Å². The van der Waals surface area contributed by atoms with Gasteiger partial charge in [-0.2, -0.15) is 0 Å². The van der Waals surface area contributed by atoms with E-state index in [-0.39, 0.29) is 11.1 Å². The topological polar surface area (TPSA) is 107 Å². The minimum atomic E-state index is -0.550. The van der Waals surface area contributed by atoms with Crippen molar-refractivity contribution in [1.29, 1.82) is 0 Å². The Morgan fingerprint density at radius 3 is 2.63 bits per heavy atom. The monoisotopic (exact) mass is 491 g/mol. The number of methoxy groups -OCH3 is 1. The summed E-state index contributed by atoms with van der Waals surface area (Å²) in [5, 5.41) is 3.81. The molecule has 2 amide bonds. The fourth-order valence-electron chi connectivity index (χ4n) is 4.19. The number of benzene rings is 2. The van der Waals surface area contributed by atoms with Crippen molar-refractivity contribution < 1.29 is 23.1 Å². The molecule has 0 bridgehead atoms. The maximum atomic E-state index is 13.3. The molecule has 5 rings (SSSR count). The molecule has 2 aromatic heterocycles. The molecule has 2 aromatic carbocycles. The lowest BCUT2D eigenvalue weighted by molar-refractivity contribution is 0.0997. The van der Waals surface area contributed by atoms with Crippen LogP contribution in [0.3, 0.4) is 0 Å². The van der Waals surface area contributed by atoms with Gasteiger partial charge in [-0.25, -0.2) is 9.38 Å². The van der Waals surface area contributed by atoms with Crippen LogP contribution >= 0.6 is 11.3 Å². The summed E-state index contributed by atoms with van der Waals surface area (Å²) in [4.78, 5) is 31.3. The number of rotatable bonds is 5. The summed E-state index contributed by atoms with van der Waals surface area (Å²) in [7, 11) is 1.55. The van der Waals surface area contributed by atoms with Gasteiger partial charge in [0.05, 0.1) is 12.7 Å². The van der Waals surface area contributed by atoms with Gasteiger partial charge < -0.3 is 20.2 Å². The number of halogens is 1. The zero-order chi connectivity index (χ0) is 24.5. The fraction of sp³-hybridized carbons (Fsp3) is 0.192. The smallest absolute Gasteiger partial charge is 0.261 e. The number of nitrogens with one attached hydrogen (secondary N) is 1. The number of carbonyl (C=O) groups excluding carboxylic acids is 2. The average molecular weight is 492 g/mol. The standard InChI is InChI=1S/C26H22FN3O4S/c1-33-17-10-11-20-14(12-17)13-19(24(32)29-16-8-6-15(27)7-9-16)25(34-20)30-26-22(23(28)31)18-4-2-3-5-21(18)35-26/h6-13H,2-5H2,1H3,(H2,28,31)(H,29,32). The second-order valence-corrected chi connectivity index (χ2v) is 9.28. The first-order chi connectivity index (χ1) is 16.9. The van der Waals surface area contributed by atoms with Crippen LogP contribution in [-0.4, -0.2) is 18.9 Å². The first-order valence-electron chi connectivity index (χ1n) is 11.1. The molecule has 0 spiro atoms. The van der Waals surface area contributed by atoms with Gasteiger partial charge in [-0.1, -0.05) is 0 Å². The van der Waals surface area contributed by atoms with E-state index in [1.165, 1.54) is 35.6 Å². The average Bonchev–Trinajstić information content (AvgIpc) is 3.22. The highest BCUT2D eigenvalue weighted by Crippen LogP contribution is 2.39. The van der Waals surface area contributed by atoms with Crippen molar-refractivity contribution in [3.63, 3.8) is 0 Å². The molecule has 0 aliphatic heterocycles. The summed E-state index contributed by atoms with van der Waals surface area (Å²) < 4.78 is 24.7. The second-order valence-electron chi connectivity index (χ2n) is 8.20. The molecule has 0 atom stereocenters. The number of ether oxygens (including phenoxy) is 1. The lowest BCUT2D eigenvalue weighted by atomic mass is 9.95. The Labute approximate surface area is 204 Å². The van der Waals surface area contributed by atoms with Gasteiger partial charge in [0.15, 0.2) is 0 Å². The highest BCUT2D eigenvalue weighted by Gasteiger charge is 2.24. The minimum absolute atomic E-state index is 0.0448. The van der Waals surface area contributed by atoms with Gasteiger partial charge in [-0.3, -0.25) is 9.59 Å². The number of anilines is 1. The number of primary amides is 1. The number of carbonyl (C=O) groups is 2. The van der Waals surface area contributed by atoms with Crippen LogP contribution in [0.2, 0.25) is 0 Å². The zero-order valence-corrected chi connectivity index (χ0v) is 19.7. The lowest BCUT2D eigenvalue weighted by Gasteiger charge is -2.10. The van der Waals surface area contributed by atoms with Crippen LogP contribution in [0.25, 0.3) is 11.0 Å². The van der Waals surface area contributed by atoms with Crippen molar-refractivity contribution in [3.8, 4) is 5.75 Å². The third kappa shape index (κ3) is 4.54. The summed E-state index contributed by atoms with van der Waals surface area (Å²) in [6.07, 6.45) is 3.66. The van der Waals surface area contributed by atoms with E-state index in [1.807, 2.05) is 0 Å². The van der Waals surface area contributed by atoms with Gasteiger partial charge in [-0.05, 0) is 79.8 Å². The van der Waals surface area contributed by atoms with Crippen LogP contribution in [0.4, 0.5) is 15.1 Å². The molecule has 0 saturated carbocycles. The van der Waals surface area contributed by atoms with Crippen LogP contribution in [0.15, 0.2) is 57.9 Å². The van der Waals surface area contributed by atoms with E-state index in [1.54, 1.807) is 31.4 Å². The number of hydrogen-bond donors (Lipinski definition) is 2. The number of fused-ring (bicyclic) bond motifs is 2. The van der Waals surface area contributed by atoms with Crippen molar-refractivity contribution in [3.05, 3.63) is 81.5 Å². The molecular formula is C26H22FN3O4S. The van der Waals surface area contributed by atoms with Crippen molar-refractivity contribution in [1.82, 2.24) is 0 Å². The number of amides is 2. The number of nitrogens with zero attached hydrogens (tertiary/aromatic N) is 1. The first-order valence-corrected chi connectivity index (χ1v) is 11.9. The van der Waals surface area contributed by atoms with Gasteiger partial charge in [0, 0.05) is 16.0 Å². The Kier molecular flexibility index (Phi) is 6.08. The Balaban J connectivity index is 1.68. The van der Waals surface area contributed by atoms with Gasteiger partial charge in [0.25, 0.3) is 11.8 Å². The third-order valence-electron chi connectivity index (χ3n) is 5.90. The Hall–Kier alpha value is -3.98. The Morgan fingerprint density at radius 2 is 1.89 bits per heavy atom. The summed E-state index contributed by atoms with van der Waals surface area (Å²) in [6.45, 7) is 0. The zero-order valence-electron chi connectivity index (χ0n) is 18.9. The number of hydrogen-bond acceptors (Lipinski definition) is 6. The van der Waals surface area contributed by atoms with E-state index >= 15 is 0 Å². The molecule has 0 radical (unpaired) electrons. The highest BCUT2D eigenvalue weighted by molar-refractivity contribution is 7.16. The fourth-order valence-corrected chi connectivity index (χ4v) is 5.45. The van der Waals surface area contributed by atoms with E-state index in [9.17, 15) is 14.0 Å². The molecule has 2 heterocycles. The van der Waals surface area contributed by atoms with Crippen molar-refractivity contribution >= 4 is 44.8 Å². The quantitative estimate of drug-likeness (QED) is 0.405. The number of thiophene rings is 1. The summed E-state index contributed by atoms with van der Waals surface area (Å²) in [6, 6.07) is 12.3. The van der Waals surface area contributed by atoms with E-state index in [4.69, 9.17) is 14.9 Å². The predicted molar refractivity (Wildman–Crippen MR) is 132 cm³/mol. The van der Waals surface area contributed by atoms with Crippen molar-refractivity contribution in [2.24, 2.45) is 10.7 Å². The molecule has 0 unspecified atom stereocenters. The van der Waals surface area contributed by atoms with Crippen LogP contribution in [-0.2, 0) is 12.8 Å². The highest BCUT2D eigenvalue weighted by atomic mass is 32.1. The molecule has 35 heavy (non-hydrogen) atoms. The Morgan fingerprint density at radius 1 is 1.11 bits per heavy atom. The number of nitrogens with two attached hydrogens (primary N) is 1. The molecule has 9 heteroatoms. The van der Waals surface area contributed by atoms with Gasteiger partial charge in [-0.15, -0.1) is 11.3 Å². The molecule has 1 aliphatic carbocycles. The van der Waals surface area contributed by atoms with Gasteiger partial charge in [0.1, 0.15) is 27.7 Å². The van der Waals surface area contributed by atoms with E-state index in [0.717, 1.165) is 36.1 Å².